The molecule has 0 saturated carbocycles. The van der Waals surface area contributed by atoms with E-state index in [1.165, 1.54) is 12.8 Å². The maximum Gasteiger partial charge on any atom is 0.230 e. The molecule has 2 atom stereocenters. The van der Waals surface area contributed by atoms with Crippen molar-refractivity contribution >= 4 is 30.7 Å². The van der Waals surface area contributed by atoms with Crippen LogP contribution in [0.5, 0.6) is 0 Å². The summed E-state index contributed by atoms with van der Waals surface area (Å²) in [7, 11) is 0. The van der Waals surface area contributed by atoms with Gasteiger partial charge in [0, 0.05) is 31.6 Å². The SMILES string of the molecule is CC(CC(=O)N1CCC(c2nc(-c3ccccn3)no2)CC1)C1CCCNC1.Cl.Cl. The van der Waals surface area contributed by atoms with Gasteiger partial charge in [-0.1, -0.05) is 18.1 Å². The second kappa shape index (κ2) is 11.6. The van der Waals surface area contributed by atoms with Gasteiger partial charge in [0.1, 0.15) is 5.69 Å². The number of halogens is 2. The van der Waals surface area contributed by atoms with Crippen LogP contribution in [-0.2, 0) is 4.79 Å². The van der Waals surface area contributed by atoms with Crippen molar-refractivity contribution in [3.8, 4) is 11.5 Å². The quantitative estimate of drug-likeness (QED) is 0.739. The van der Waals surface area contributed by atoms with Gasteiger partial charge < -0.3 is 14.7 Å². The Balaban J connectivity index is 0.00000160. The van der Waals surface area contributed by atoms with E-state index in [2.05, 4.69) is 27.4 Å². The number of nitrogens with zero attached hydrogens (tertiary/aromatic N) is 4. The summed E-state index contributed by atoms with van der Waals surface area (Å²) in [5.41, 5.74) is 0.719. The van der Waals surface area contributed by atoms with E-state index in [1.54, 1.807) is 6.20 Å². The lowest BCUT2D eigenvalue weighted by Gasteiger charge is -2.33. The lowest BCUT2D eigenvalue weighted by molar-refractivity contribution is -0.133. The lowest BCUT2D eigenvalue weighted by Crippen LogP contribution is -2.40. The molecule has 30 heavy (non-hydrogen) atoms. The zero-order valence-corrected chi connectivity index (χ0v) is 19.0. The van der Waals surface area contributed by atoms with Crippen molar-refractivity contribution in [2.24, 2.45) is 11.8 Å². The highest BCUT2D eigenvalue weighted by Crippen LogP contribution is 2.29. The van der Waals surface area contributed by atoms with Gasteiger partial charge in [-0.2, -0.15) is 4.98 Å². The molecule has 7 nitrogen and oxygen atoms in total. The fourth-order valence-corrected chi connectivity index (χ4v) is 4.31. The first-order chi connectivity index (χ1) is 13.7. The van der Waals surface area contributed by atoms with E-state index in [-0.39, 0.29) is 36.6 Å². The summed E-state index contributed by atoms with van der Waals surface area (Å²) in [6.45, 7) is 5.91. The van der Waals surface area contributed by atoms with E-state index in [1.807, 2.05) is 23.1 Å². The Labute approximate surface area is 190 Å². The maximum atomic E-state index is 12.7. The Morgan fingerprint density at radius 1 is 1.27 bits per heavy atom. The number of rotatable bonds is 5. The van der Waals surface area contributed by atoms with Gasteiger partial charge in [0.05, 0.1) is 0 Å². The Bertz CT molecular complexity index is 775. The molecule has 0 aromatic carbocycles. The molecule has 2 unspecified atom stereocenters. The topological polar surface area (TPSA) is 84.2 Å². The second-order valence-electron chi connectivity index (χ2n) is 8.11. The van der Waals surface area contributed by atoms with Gasteiger partial charge >= 0.3 is 0 Å². The Morgan fingerprint density at radius 2 is 2.07 bits per heavy atom. The molecule has 9 heteroatoms. The third-order valence-electron chi connectivity index (χ3n) is 6.17. The number of hydrogen-bond acceptors (Lipinski definition) is 6. The first-order valence-electron chi connectivity index (χ1n) is 10.4. The van der Waals surface area contributed by atoms with Crippen LogP contribution in [0.2, 0.25) is 0 Å². The van der Waals surface area contributed by atoms with Crippen LogP contribution >= 0.6 is 24.8 Å². The highest BCUT2D eigenvalue weighted by molar-refractivity contribution is 5.85. The van der Waals surface area contributed by atoms with Crippen LogP contribution < -0.4 is 5.32 Å². The third-order valence-corrected chi connectivity index (χ3v) is 6.17. The van der Waals surface area contributed by atoms with E-state index in [9.17, 15) is 4.79 Å². The number of carbonyl (C=O) groups excluding carboxylic acids is 1. The first kappa shape index (κ1) is 24.6. The monoisotopic (exact) mass is 455 g/mol. The molecule has 2 saturated heterocycles. The maximum absolute atomic E-state index is 12.7. The predicted molar refractivity (Wildman–Crippen MR) is 120 cm³/mol. The first-order valence-corrected chi connectivity index (χ1v) is 10.4. The van der Waals surface area contributed by atoms with E-state index in [0.29, 0.717) is 30.0 Å². The number of likely N-dealkylation sites (tertiary alicyclic amines) is 1. The van der Waals surface area contributed by atoms with E-state index >= 15 is 0 Å². The fourth-order valence-electron chi connectivity index (χ4n) is 4.31. The van der Waals surface area contributed by atoms with Crippen molar-refractivity contribution in [2.75, 3.05) is 26.2 Å². The molecule has 2 fully saturated rings. The van der Waals surface area contributed by atoms with Crippen LogP contribution in [0.3, 0.4) is 0 Å². The molecule has 2 aromatic heterocycles. The highest BCUT2D eigenvalue weighted by Gasteiger charge is 2.29. The molecule has 0 radical (unpaired) electrons. The summed E-state index contributed by atoms with van der Waals surface area (Å²) in [6.07, 6.45) is 6.57. The van der Waals surface area contributed by atoms with Gasteiger partial charge in [0.15, 0.2) is 0 Å². The van der Waals surface area contributed by atoms with Crippen LogP contribution in [0.1, 0.15) is 50.8 Å². The number of pyridine rings is 1. The number of amides is 1. The molecule has 1 amide bonds. The molecular formula is C21H31Cl2N5O2. The van der Waals surface area contributed by atoms with Crippen LogP contribution in [0.4, 0.5) is 0 Å². The van der Waals surface area contributed by atoms with E-state index < -0.39 is 0 Å². The zero-order chi connectivity index (χ0) is 19.3. The minimum absolute atomic E-state index is 0. The Hall–Kier alpha value is -1.70. The number of hydrogen-bond donors (Lipinski definition) is 1. The molecular weight excluding hydrogens is 425 g/mol. The Kier molecular flexibility index (Phi) is 9.52. The van der Waals surface area contributed by atoms with E-state index in [4.69, 9.17) is 4.52 Å². The largest absolute Gasteiger partial charge is 0.343 e. The molecule has 2 aliphatic heterocycles. The van der Waals surface area contributed by atoms with Gasteiger partial charge in [0.2, 0.25) is 17.6 Å². The molecule has 4 heterocycles. The summed E-state index contributed by atoms with van der Waals surface area (Å²) in [4.78, 5) is 23.5. The average molecular weight is 456 g/mol. The number of aromatic nitrogens is 3. The summed E-state index contributed by atoms with van der Waals surface area (Å²) in [5, 5.41) is 7.53. The average Bonchev–Trinajstić information content (AvgIpc) is 3.25. The van der Waals surface area contributed by atoms with Crippen molar-refractivity contribution < 1.29 is 9.32 Å². The number of carbonyl (C=O) groups is 1. The van der Waals surface area contributed by atoms with Gasteiger partial charge in [-0.05, 0) is 62.7 Å². The summed E-state index contributed by atoms with van der Waals surface area (Å²) in [6, 6.07) is 5.65. The standard InChI is InChI=1S/C21H29N5O2.2ClH/c1-15(17-5-4-9-22-14-17)13-19(27)26-11-7-16(8-12-26)21-24-20(25-28-21)18-6-2-3-10-23-18;;/h2-3,6,10,15-17,22H,4-5,7-9,11-14H2,1H3;2*1H. The molecule has 0 spiro atoms. The normalized spacial score (nSPS) is 20.7. The zero-order valence-electron chi connectivity index (χ0n) is 17.3. The van der Waals surface area contributed by atoms with Crippen LogP contribution in [-0.4, -0.2) is 52.1 Å². The van der Waals surface area contributed by atoms with Gasteiger partial charge in [-0.15, -0.1) is 24.8 Å². The van der Waals surface area contributed by atoms with Gasteiger partial charge in [-0.3, -0.25) is 9.78 Å². The smallest absolute Gasteiger partial charge is 0.230 e. The predicted octanol–water partition coefficient (Wildman–Crippen LogP) is 3.71. The lowest BCUT2D eigenvalue weighted by atomic mass is 9.85. The minimum atomic E-state index is 0. The van der Waals surface area contributed by atoms with Crippen LogP contribution in [0.25, 0.3) is 11.5 Å². The summed E-state index contributed by atoms with van der Waals surface area (Å²) < 4.78 is 5.49. The number of nitrogens with one attached hydrogen (secondary N) is 1. The summed E-state index contributed by atoms with van der Waals surface area (Å²) in [5.74, 6) is 2.76. The molecule has 1 N–H and O–H groups in total. The molecule has 2 aliphatic rings. The molecule has 4 rings (SSSR count). The number of piperidine rings is 2. The van der Waals surface area contributed by atoms with E-state index in [0.717, 1.165) is 44.7 Å². The minimum Gasteiger partial charge on any atom is -0.343 e. The van der Waals surface area contributed by atoms with Gasteiger partial charge in [0.25, 0.3) is 0 Å². The fraction of sp³-hybridized carbons (Fsp3) is 0.619. The molecule has 2 aromatic rings. The van der Waals surface area contributed by atoms with Gasteiger partial charge in [-0.25, -0.2) is 0 Å². The third kappa shape index (κ3) is 5.93. The van der Waals surface area contributed by atoms with Crippen LogP contribution in [0.15, 0.2) is 28.9 Å². The van der Waals surface area contributed by atoms with Crippen molar-refractivity contribution in [3.63, 3.8) is 0 Å². The van der Waals surface area contributed by atoms with Crippen molar-refractivity contribution in [1.82, 2.24) is 25.3 Å². The Morgan fingerprint density at radius 3 is 2.73 bits per heavy atom. The van der Waals surface area contributed by atoms with Crippen molar-refractivity contribution in [2.45, 2.75) is 44.9 Å². The second-order valence-corrected chi connectivity index (χ2v) is 8.11. The summed E-state index contributed by atoms with van der Waals surface area (Å²) >= 11 is 0. The van der Waals surface area contributed by atoms with Crippen LogP contribution in [0, 0.1) is 11.8 Å². The van der Waals surface area contributed by atoms with Crippen molar-refractivity contribution in [1.29, 1.82) is 0 Å². The molecule has 0 bridgehead atoms. The molecule has 0 aliphatic carbocycles. The highest BCUT2D eigenvalue weighted by atomic mass is 35.5. The molecule has 166 valence electrons. The van der Waals surface area contributed by atoms with Crippen molar-refractivity contribution in [3.05, 3.63) is 30.3 Å².